The van der Waals surface area contributed by atoms with Crippen molar-refractivity contribution in [2.24, 2.45) is 0 Å². The first kappa shape index (κ1) is 12.8. The normalized spacial score (nSPS) is 14.1. The van der Waals surface area contributed by atoms with Crippen molar-refractivity contribution in [2.75, 3.05) is 13.2 Å². The van der Waals surface area contributed by atoms with Crippen LogP contribution in [0.2, 0.25) is 0 Å². The van der Waals surface area contributed by atoms with Gasteiger partial charge in [-0.15, -0.1) is 0 Å². The molecule has 0 aliphatic carbocycles. The monoisotopic (exact) mass is 242 g/mol. The third-order valence-corrected chi connectivity index (χ3v) is 3.33. The average molecular weight is 242 g/mol. The lowest BCUT2D eigenvalue weighted by molar-refractivity contribution is 0.196. The molecule has 2 heteroatoms. The van der Waals surface area contributed by atoms with Crippen LogP contribution in [-0.4, -0.2) is 23.4 Å². The number of rotatable bonds is 5. The fraction of sp³-hybridized carbons (Fsp3) is 0.250. The Morgan fingerprint density at radius 1 is 0.611 bits per heavy atom. The van der Waals surface area contributed by atoms with Crippen LogP contribution in [0.3, 0.4) is 0 Å². The average Bonchev–Trinajstić information content (AvgIpc) is 2.46. The largest absolute Gasteiger partial charge is 0.396 e. The molecule has 0 radical (unpaired) electrons. The maximum Gasteiger partial charge on any atom is 0.0506 e. The first-order valence-corrected chi connectivity index (χ1v) is 6.18. The van der Waals surface area contributed by atoms with E-state index in [-0.39, 0.29) is 25.0 Å². The van der Waals surface area contributed by atoms with E-state index in [1.54, 1.807) is 0 Å². The van der Waals surface area contributed by atoms with Gasteiger partial charge in [0, 0.05) is 11.8 Å². The zero-order chi connectivity index (χ0) is 12.8. The summed E-state index contributed by atoms with van der Waals surface area (Å²) in [6.07, 6.45) is 0. The minimum absolute atomic E-state index is 0.0319. The molecule has 0 aliphatic heterocycles. The first-order chi connectivity index (χ1) is 8.86. The molecule has 2 unspecified atom stereocenters. The molecule has 0 bridgehead atoms. The highest BCUT2D eigenvalue weighted by Gasteiger charge is 2.23. The lowest BCUT2D eigenvalue weighted by Gasteiger charge is -2.24. The van der Waals surface area contributed by atoms with Crippen molar-refractivity contribution in [1.29, 1.82) is 0 Å². The molecule has 0 fully saturated rings. The molecule has 2 aromatic rings. The number of aliphatic hydroxyl groups is 2. The maximum absolute atomic E-state index is 9.63. The van der Waals surface area contributed by atoms with Crippen LogP contribution >= 0.6 is 0 Å². The predicted octanol–water partition coefficient (Wildman–Crippen LogP) is 2.54. The van der Waals surface area contributed by atoms with E-state index in [4.69, 9.17) is 0 Å². The van der Waals surface area contributed by atoms with Gasteiger partial charge in [-0.25, -0.2) is 0 Å². The van der Waals surface area contributed by atoms with Gasteiger partial charge in [-0.1, -0.05) is 60.7 Å². The Morgan fingerprint density at radius 2 is 0.944 bits per heavy atom. The minimum atomic E-state index is -0.0707. The fourth-order valence-corrected chi connectivity index (χ4v) is 2.33. The molecule has 0 heterocycles. The van der Waals surface area contributed by atoms with Crippen molar-refractivity contribution in [3.8, 4) is 0 Å². The van der Waals surface area contributed by atoms with Gasteiger partial charge in [0.2, 0.25) is 0 Å². The van der Waals surface area contributed by atoms with Crippen molar-refractivity contribution in [3.63, 3.8) is 0 Å². The van der Waals surface area contributed by atoms with Crippen molar-refractivity contribution >= 4 is 0 Å². The summed E-state index contributed by atoms with van der Waals surface area (Å²) in [5.74, 6) is -0.141. The van der Waals surface area contributed by atoms with Gasteiger partial charge in [0.1, 0.15) is 0 Å². The topological polar surface area (TPSA) is 40.5 Å². The van der Waals surface area contributed by atoms with Gasteiger partial charge in [0.05, 0.1) is 13.2 Å². The SMILES string of the molecule is OCC(c1ccccc1)C(CO)c1ccccc1. The van der Waals surface area contributed by atoms with E-state index in [0.29, 0.717) is 0 Å². The lowest BCUT2D eigenvalue weighted by atomic mass is 9.82. The van der Waals surface area contributed by atoms with Crippen LogP contribution in [-0.2, 0) is 0 Å². The van der Waals surface area contributed by atoms with Gasteiger partial charge < -0.3 is 10.2 Å². The van der Waals surface area contributed by atoms with Crippen molar-refractivity contribution in [2.45, 2.75) is 11.8 Å². The van der Waals surface area contributed by atoms with Crippen molar-refractivity contribution < 1.29 is 10.2 Å². The molecule has 94 valence electrons. The Hall–Kier alpha value is -1.64. The molecule has 18 heavy (non-hydrogen) atoms. The number of hydrogen-bond donors (Lipinski definition) is 2. The quantitative estimate of drug-likeness (QED) is 0.846. The number of aliphatic hydroxyl groups excluding tert-OH is 2. The zero-order valence-electron chi connectivity index (χ0n) is 10.2. The molecule has 2 N–H and O–H groups in total. The summed E-state index contributed by atoms with van der Waals surface area (Å²) in [4.78, 5) is 0. The van der Waals surface area contributed by atoms with Crippen LogP contribution in [0, 0.1) is 0 Å². The second-order valence-corrected chi connectivity index (χ2v) is 4.40. The Balaban J connectivity index is 2.31. The summed E-state index contributed by atoms with van der Waals surface area (Å²) < 4.78 is 0. The standard InChI is InChI=1S/C16H18O2/c17-11-15(13-7-3-1-4-8-13)16(12-18)14-9-5-2-6-10-14/h1-10,15-18H,11-12H2. The van der Waals surface area contributed by atoms with Gasteiger partial charge in [-0.05, 0) is 11.1 Å². The van der Waals surface area contributed by atoms with Crippen LogP contribution in [0.5, 0.6) is 0 Å². The molecule has 2 atom stereocenters. The van der Waals surface area contributed by atoms with E-state index < -0.39 is 0 Å². The van der Waals surface area contributed by atoms with Crippen LogP contribution in [0.15, 0.2) is 60.7 Å². The van der Waals surface area contributed by atoms with Crippen molar-refractivity contribution in [1.82, 2.24) is 0 Å². The summed E-state index contributed by atoms with van der Waals surface area (Å²) in [6.45, 7) is 0.0638. The smallest absolute Gasteiger partial charge is 0.0506 e. The second-order valence-electron chi connectivity index (χ2n) is 4.40. The van der Waals surface area contributed by atoms with E-state index in [0.717, 1.165) is 11.1 Å². The van der Waals surface area contributed by atoms with E-state index in [1.807, 2.05) is 60.7 Å². The maximum atomic E-state index is 9.63. The molecule has 2 aromatic carbocycles. The summed E-state index contributed by atoms with van der Waals surface area (Å²) >= 11 is 0. The molecule has 0 aliphatic rings. The molecular formula is C16H18O2. The van der Waals surface area contributed by atoms with Gasteiger partial charge >= 0.3 is 0 Å². The summed E-state index contributed by atoms with van der Waals surface area (Å²) in [5.41, 5.74) is 2.12. The Labute approximate surface area is 108 Å². The molecule has 2 rings (SSSR count). The van der Waals surface area contributed by atoms with E-state index >= 15 is 0 Å². The summed E-state index contributed by atoms with van der Waals surface area (Å²) in [6, 6.07) is 19.7. The molecule has 0 amide bonds. The second kappa shape index (κ2) is 6.34. The molecular weight excluding hydrogens is 224 g/mol. The molecule has 0 spiro atoms. The summed E-state index contributed by atoms with van der Waals surface area (Å²) in [7, 11) is 0. The Kier molecular flexibility index (Phi) is 4.51. The number of hydrogen-bond acceptors (Lipinski definition) is 2. The molecule has 0 saturated heterocycles. The highest BCUT2D eigenvalue weighted by atomic mass is 16.3. The number of benzene rings is 2. The third-order valence-electron chi connectivity index (χ3n) is 3.33. The zero-order valence-corrected chi connectivity index (χ0v) is 10.2. The summed E-state index contributed by atoms with van der Waals surface area (Å²) in [5, 5.41) is 19.3. The van der Waals surface area contributed by atoms with Gasteiger partial charge in [-0.3, -0.25) is 0 Å². The van der Waals surface area contributed by atoms with Crippen LogP contribution < -0.4 is 0 Å². The van der Waals surface area contributed by atoms with Crippen molar-refractivity contribution in [3.05, 3.63) is 71.8 Å². The molecule has 0 saturated carbocycles. The predicted molar refractivity (Wildman–Crippen MR) is 72.5 cm³/mol. The minimum Gasteiger partial charge on any atom is -0.396 e. The Bertz CT molecular complexity index is 408. The van der Waals surface area contributed by atoms with E-state index in [2.05, 4.69) is 0 Å². The Morgan fingerprint density at radius 3 is 1.22 bits per heavy atom. The lowest BCUT2D eigenvalue weighted by Crippen LogP contribution is -2.18. The molecule has 2 nitrogen and oxygen atoms in total. The van der Waals surface area contributed by atoms with Gasteiger partial charge in [0.15, 0.2) is 0 Å². The highest BCUT2D eigenvalue weighted by molar-refractivity contribution is 5.28. The van der Waals surface area contributed by atoms with Gasteiger partial charge in [0.25, 0.3) is 0 Å². The van der Waals surface area contributed by atoms with Crippen LogP contribution in [0.4, 0.5) is 0 Å². The highest BCUT2D eigenvalue weighted by Crippen LogP contribution is 2.32. The van der Waals surface area contributed by atoms with E-state index in [9.17, 15) is 10.2 Å². The fourth-order valence-electron chi connectivity index (χ4n) is 2.33. The first-order valence-electron chi connectivity index (χ1n) is 6.18. The third kappa shape index (κ3) is 2.78. The van der Waals surface area contributed by atoms with Crippen LogP contribution in [0.25, 0.3) is 0 Å². The molecule has 0 aromatic heterocycles. The van der Waals surface area contributed by atoms with E-state index in [1.165, 1.54) is 0 Å². The van der Waals surface area contributed by atoms with Gasteiger partial charge in [-0.2, -0.15) is 0 Å². The van der Waals surface area contributed by atoms with Crippen LogP contribution in [0.1, 0.15) is 23.0 Å².